The Bertz CT molecular complexity index is 369. The van der Waals surface area contributed by atoms with Gasteiger partial charge in [-0.3, -0.25) is 4.68 Å². The minimum absolute atomic E-state index is 0.174. The van der Waals surface area contributed by atoms with Crippen molar-refractivity contribution < 1.29 is 4.74 Å². The van der Waals surface area contributed by atoms with Gasteiger partial charge in [-0.05, 0) is 38.2 Å². The van der Waals surface area contributed by atoms with Crippen LogP contribution in [0.5, 0.6) is 0 Å². The van der Waals surface area contributed by atoms with E-state index in [1.807, 2.05) is 11.7 Å². The Labute approximate surface area is 110 Å². The monoisotopic (exact) mass is 251 g/mol. The van der Waals surface area contributed by atoms with Crippen LogP contribution in [0.1, 0.15) is 44.0 Å². The zero-order valence-corrected chi connectivity index (χ0v) is 11.6. The van der Waals surface area contributed by atoms with E-state index in [4.69, 9.17) is 10.5 Å². The van der Waals surface area contributed by atoms with E-state index in [0.29, 0.717) is 6.10 Å². The lowest BCUT2D eigenvalue weighted by atomic mass is 9.99. The number of ether oxygens (including phenoxy) is 1. The van der Waals surface area contributed by atoms with E-state index in [2.05, 4.69) is 18.1 Å². The van der Waals surface area contributed by atoms with Crippen LogP contribution in [0.3, 0.4) is 0 Å². The second-order valence-corrected chi connectivity index (χ2v) is 5.29. The van der Waals surface area contributed by atoms with E-state index in [-0.39, 0.29) is 6.04 Å². The van der Waals surface area contributed by atoms with Crippen molar-refractivity contribution in [1.29, 1.82) is 0 Å². The fourth-order valence-corrected chi connectivity index (χ4v) is 2.62. The lowest BCUT2D eigenvalue weighted by Gasteiger charge is -2.25. The van der Waals surface area contributed by atoms with Gasteiger partial charge in [0.05, 0.1) is 11.8 Å². The molecule has 2 heterocycles. The van der Waals surface area contributed by atoms with Crippen LogP contribution in [0.15, 0.2) is 6.07 Å². The van der Waals surface area contributed by atoms with E-state index >= 15 is 0 Å². The molecule has 1 saturated heterocycles. The molecule has 4 nitrogen and oxygen atoms in total. The molecular formula is C14H25N3O. The van der Waals surface area contributed by atoms with Crippen molar-refractivity contribution in [2.24, 2.45) is 12.8 Å². The van der Waals surface area contributed by atoms with Crippen LogP contribution in [-0.4, -0.2) is 28.5 Å². The smallest absolute Gasteiger partial charge is 0.0624 e. The van der Waals surface area contributed by atoms with Gasteiger partial charge >= 0.3 is 0 Å². The minimum Gasteiger partial charge on any atom is -0.378 e. The first-order valence-electron chi connectivity index (χ1n) is 7.08. The topological polar surface area (TPSA) is 53.1 Å². The van der Waals surface area contributed by atoms with Crippen molar-refractivity contribution in [2.75, 3.05) is 6.61 Å². The number of aromatic nitrogens is 2. The van der Waals surface area contributed by atoms with Gasteiger partial charge in [-0.15, -0.1) is 0 Å². The first kappa shape index (κ1) is 13.6. The lowest BCUT2D eigenvalue weighted by molar-refractivity contribution is 0.00739. The summed E-state index contributed by atoms with van der Waals surface area (Å²) in [6.45, 7) is 3.03. The van der Waals surface area contributed by atoms with Crippen LogP contribution in [0.25, 0.3) is 0 Å². The van der Waals surface area contributed by atoms with Gasteiger partial charge in [-0.2, -0.15) is 5.10 Å². The fourth-order valence-electron chi connectivity index (χ4n) is 2.62. The molecule has 0 aliphatic carbocycles. The average Bonchev–Trinajstić information content (AvgIpc) is 2.71. The van der Waals surface area contributed by atoms with Gasteiger partial charge in [0, 0.05) is 31.8 Å². The molecule has 0 spiro atoms. The normalized spacial score (nSPS) is 22.1. The third-order valence-corrected chi connectivity index (χ3v) is 3.70. The zero-order chi connectivity index (χ0) is 13.0. The Balaban J connectivity index is 1.85. The molecule has 1 aromatic heterocycles. The van der Waals surface area contributed by atoms with E-state index in [0.717, 1.165) is 31.6 Å². The molecule has 1 aromatic rings. The van der Waals surface area contributed by atoms with Crippen LogP contribution < -0.4 is 5.73 Å². The summed E-state index contributed by atoms with van der Waals surface area (Å²) in [5, 5.41) is 4.46. The predicted octanol–water partition coefficient (Wildman–Crippen LogP) is 1.81. The molecule has 0 radical (unpaired) electrons. The molecule has 0 bridgehead atoms. The molecule has 4 heteroatoms. The molecule has 1 fully saturated rings. The summed E-state index contributed by atoms with van der Waals surface area (Å²) in [5.74, 6) is 0. The highest BCUT2D eigenvalue weighted by Gasteiger charge is 2.18. The van der Waals surface area contributed by atoms with Gasteiger partial charge in [0.1, 0.15) is 0 Å². The first-order valence-corrected chi connectivity index (χ1v) is 7.08. The van der Waals surface area contributed by atoms with Crippen LogP contribution in [0, 0.1) is 0 Å². The Hall–Kier alpha value is -0.870. The Morgan fingerprint density at radius 2 is 2.39 bits per heavy atom. The lowest BCUT2D eigenvalue weighted by Crippen LogP contribution is -2.32. The summed E-state index contributed by atoms with van der Waals surface area (Å²) in [5.41, 5.74) is 8.61. The summed E-state index contributed by atoms with van der Waals surface area (Å²) in [4.78, 5) is 0. The number of nitrogens with zero attached hydrogens (tertiary/aromatic N) is 2. The van der Waals surface area contributed by atoms with Crippen molar-refractivity contribution in [2.45, 2.75) is 57.6 Å². The average molecular weight is 251 g/mol. The van der Waals surface area contributed by atoms with Gasteiger partial charge in [0.15, 0.2) is 0 Å². The molecule has 2 N–H and O–H groups in total. The van der Waals surface area contributed by atoms with Crippen molar-refractivity contribution in [3.8, 4) is 0 Å². The van der Waals surface area contributed by atoms with Crippen molar-refractivity contribution >= 4 is 0 Å². The van der Waals surface area contributed by atoms with Crippen LogP contribution >= 0.6 is 0 Å². The van der Waals surface area contributed by atoms with Crippen molar-refractivity contribution in [1.82, 2.24) is 9.78 Å². The predicted molar refractivity (Wildman–Crippen MR) is 72.5 cm³/mol. The molecule has 102 valence electrons. The Morgan fingerprint density at radius 1 is 1.56 bits per heavy atom. The summed E-state index contributed by atoms with van der Waals surface area (Å²) >= 11 is 0. The minimum atomic E-state index is 0.174. The van der Waals surface area contributed by atoms with Crippen LogP contribution in [0.2, 0.25) is 0 Å². The maximum absolute atomic E-state index is 6.24. The van der Waals surface area contributed by atoms with Crippen molar-refractivity contribution in [3.05, 3.63) is 17.5 Å². The molecular weight excluding hydrogens is 226 g/mol. The van der Waals surface area contributed by atoms with Crippen molar-refractivity contribution in [3.63, 3.8) is 0 Å². The summed E-state index contributed by atoms with van der Waals surface area (Å²) in [7, 11) is 2.00. The van der Waals surface area contributed by atoms with Gasteiger partial charge in [0.25, 0.3) is 0 Å². The van der Waals surface area contributed by atoms with E-state index < -0.39 is 0 Å². The van der Waals surface area contributed by atoms with E-state index in [9.17, 15) is 0 Å². The highest BCUT2D eigenvalue weighted by Crippen LogP contribution is 2.18. The number of aryl methyl sites for hydroxylation is 2. The van der Waals surface area contributed by atoms with Crippen LogP contribution in [-0.2, 0) is 24.6 Å². The molecule has 18 heavy (non-hydrogen) atoms. The molecule has 2 atom stereocenters. The second kappa shape index (κ2) is 6.34. The Kier molecular flexibility index (Phi) is 4.78. The Morgan fingerprint density at radius 3 is 3.00 bits per heavy atom. The highest BCUT2D eigenvalue weighted by molar-refractivity contribution is 5.11. The molecule has 2 rings (SSSR count). The summed E-state index contributed by atoms with van der Waals surface area (Å²) in [6, 6.07) is 2.34. The molecule has 0 aromatic carbocycles. The third-order valence-electron chi connectivity index (χ3n) is 3.70. The molecule has 0 saturated carbocycles. The van der Waals surface area contributed by atoms with Crippen LogP contribution in [0.4, 0.5) is 0 Å². The fraction of sp³-hybridized carbons (Fsp3) is 0.786. The van der Waals surface area contributed by atoms with Gasteiger partial charge in [-0.1, -0.05) is 6.92 Å². The van der Waals surface area contributed by atoms with E-state index in [1.54, 1.807) is 0 Å². The maximum Gasteiger partial charge on any atom is 0.0624 e. The SMILES string of the molecule is CCc1cc(CC(N)CC2CCCCO2)n(C)n1. The van der Waals surface area contributed by atoms with Gasteiger partial charge in [-0.25, -0.2) is 0 Å². The molecule has 1 aliphatic rings. The van der Waals surface area contributed by atoms with Gasteiger partial charge in [0.2, 0.25) is 0 Å². The van der Waals surface area contributed by atoms with E-state index in [1.165, 1.54) is 25.0 Å². The zero-order valence-electron chi connectivity index (χ0n) is 11.6. The number of nitrogens with two attached hydrogens (primary N) is 1. The number of rotatable bonds is 5. The third kappa shape index (κ3) is 3.56. The highest BCUT2D eigenvalue weighted by atomic mass is 16.5. The van der Waals surface area contributed by atoms with Gasteiger partial charge < -0.3 is 10.5 Å². The standard InChI is InChI=1S/C14H25N3O/c1-3-12-10-13(17(2)16-12)8-11(15)9-14-6-4-5-7-18-14/h10-11,14H,3-9,15H2,1-2H3. The maximum atomic E-state index is 6.24. The molecule has 2 unspecified atom stereocenters. The number of hydrogen-bond acceptors (Lipinski definition) is 3. The summed E-state index contributed by atoms with van der Waals surface area (Å²) in [6.07, 6.45) is 6.85. The second-order valence-electron chi connectivity index (χ2n) is 5.29. The quantitative estimate of drug-likeness (QED) is 0.868. The largest absolute Gasteiger partial charge is 0.378 e. The summed E-state index contributed by atoms with van der Waals surface area (Å²) < 4.78 is 7.70. The molecule has 0 amide bonds. The molecule has 1 aliphatic heterocycles. The number of hydrogen-bond donors (Lipinski definition) is 1. The first-order chi connectivity index (χ1) is 8.69.